The van der Waals surface area contributed by atoms with Crippen LogP contribution >= 0.6 is 0 Å². The summed E-state index contributed by atoms with van der Waals surface area (Å²) in [6, 6.07) is 14.6. The second-order valence-corrected chi connectivity index (χ2v) is 5.36. The summed E-state index contributed by atoms with van der Waals surface area (Å²) in [5.41, 5.74) is 3.57. The first-order valence-corrected chi connectivity index (χ1v) is 8.44. The van der Waals surface area contributed by atoms with Gasteiger partial charge < -0.3 is 9.47 Å². The highest BCUT2D eigenvalue weighted by Crippen LogP contribution is 2.30. The number of aryl methyl sites for hydroxylation is 1. The Bertz CT molecular complexity index is 620. The summed E-state index contributed by atoms with van der Waals surface area (Å²) in [6.45, 7) is 7.48. The molecule has 0 N–H and O–H groups in total. The van der Waals surface area contributed by atoms with E-state index in [1.54, 1.807) is 0 Å². The monoisotopic (exact) mass is 310 g/mol. The third kappa shape index (κ3) is 4.88. The minimum atomic E-state index is 0.641. The van der Waals surface area contributed by atoms with Gasteiger partial charge in [0.05, 0.1) is 18.8 Å². The number of hydrogen-bond acceptors (Lipinski definition) is 2. The maximum atomic E-state index is 5.74. The SMILES string of the molecule is CCCc1cccc(C=Cc2c(OCC)cccc2OCC)c1. The molecule has 0 saturated carbocycles. The number of hydrogen-bond donors (Lipinski definition) is 0. The van der Waals surface area contributed by atoms with Gasteiger partial charge in [0.1, 0.15) is 11.5 Å². The van der Waals surface area contributed by atoms with Crippen molar-refractivity contribution in [1.82, 2.24) is 0 Å². The van der Waals surface area contributed by atoms with Gasteiger partial charge in [-0.3, -0.25) is 0 Å². The first kappa shape index (κ1) is 17.1. The average molecular weight is 310 g/mol. The van der Waals surface area contributed by atoms with Crippen LogP contribution in [-0.2, 0) is 6.42 Å². The van der Waals surface area contributed by atoms with Crippen LogP contribution in [-0.4, -0.2) is 13.2 Å². The Balaban J connectivity index is 2.31. The zero-order chi connectivity index (χ0) is 16.5. The zero-order valence-corrected chi connectivity index (χ0v) is 14.3. The van der Waals surface area contributed by atoms with Crippen LogP contribution in [0.15, 0.2) is 42.5 Å². The van der Waals surface area contributed by atoms with E-state index in [9.17, 15) is 0 Å². The number of benzene rings is 2. The van der Waals surface area contributed by atoms with Crippen LogP contribution < -0.4 is 9.47 Å². The van der Waals surface area contributed by atoms with Gasteiger partial charge in [-0.05, 0) is 49.6 Å². The summed E-state index contributed by atoms with van der Waals surface area (Å²) in [5, 5.41) is 0. The largest absolute Gasteiger partial charge is 0.493 e. The second-order valence-electron chi connectivity index (χ2n) is 5.36. The molecule has 122 valence electrons. The predicted molar refractivity (Wildman–Crippen MR) is 98.1 cm³/mol. The Morgan fingerprint density at radius 3 is 2.09 bits per heavy atom. The fourth-order valence-corrected chi connectivity index (χ4v) is 2.57. The molecule has 0 bridgehead atoms. The fourth-order valence-electron chi connectivity index (χ4n) is 2.57. The molecule has 0 unspecified atom stereocenters. The van der Waals surface area contributed by atoms with Gasteiger partial charge in [0.2, 0.25) is 0 Å². The maximum absolute atomic E-state index is 5.74. The van der Waals surface area contributed by atoms with Gasteiger partial charge in [-0.15, -0.1) is 0 Å². The topological polar surface area (TPSA) is 18.5 Å². The minimum Gasteiger partial charge on any atom is -0.493 e. The highest BCUT2D eigenvalue weighted by molar-refractivity contribution is 5.76. The molecule has 2 nitrogen and oxygen atoms in total. The highest BCUT2D eigenvalue weighted by atomic mass is 16.5. The smallest absolute Gasteiger partial charge is 0.130 e. The molecule has 0 atom stereocenters. The third-order valence-electron chi connectivity index (χ3n) is 3.56. The van der Waals surface area contributed by atoms with E-state index in [2.05, 4.69) is 43.3 Å². The Labute approximate surface area is 139 Å². The summed E-state index contributed by atoms with van der Waals surface area (Å²) in [4.78, 5) is 0. The quantitative estimate of drug-likeness (QED) is 0.590. The summed E-state index contributed by atoms with van der Waals surface area (Å²) in [7, 11) is 0. The summed E-state index contributed by atoms with van der Waals surface area (Å²) in [5.74, 6) is 1.72. The second kappa shape index (κ2) is 9.04. The molecule has 0 aliphatic rings. The van der Waals surface area contributed by atoms with Gasteiger partial charge in [-0.25, -0.2) is 0 Å². The van der Waals surface area contributed by atoms with Crippen molar-refractivity contribution in [2.45, 2.75) is 33.6 Å². The number of rotatable bonds is 8. The van der Waals surface area contributed by atoms with Crippen LogP contribution in [0.25, 0.3) is 12.2 Å². The minimum absolute atomic E-state index is 0.641. The normalized spacial score (nSPS) is 10.9. The summed E-state index contributed by atoms with van der Waals surface area (Å²) >= 11 is 0. The molecular formula is C21H26O2. The maximum Gasteiger partial charge on any atom is 0.130 e. The molecule has 0 spiro atoms. The lowest BCUT2D eigenvalue weighted by Gasteiger charge is -2.12. The molecule has 0 aliphatic heterocycles. The Morgan fingerprint density at radius 2 is 1.48 bits per heavy atom. The van der Waals surface area contributed by atoms with Gasteiger partial charge in [0.15, 0.2) is 0 Å². The van der Waals surface area contributed by atoms with Gasteiger partial charge >= 0.3 is 0 Å². The van der Waals surface area contributed by atoms with E-state index in [0.29, 0.717) is 13.2 Å². The van der Waals surface area contributed by atoms with Crippen molar-refractivity contribution >= 4 is 12.2 Å². The molecule has 0 radical (unpaired) electrons. The van der Waals surface area contributed by atoms with Crippen molar-refractivity contribution in [3.8, 4) is 11.5 Å². The molecule has 0 aromatic heterocycles. The van der Waals surface area contributed by atoms with Crippen molar-refractivity contribution < 1.29 is 9.47 Å². The van der Waals surface area contributed by atoms with Crippen LogP contribution in [0.3, 0.4) is 0 Å². The van der Waals surface area contributed by atoms with E-state index >= 15 is 0 Å². The van der Waals surface area contributed by atoms with Gasteiger partial charge in [-0.2, -0.15) is 0 Å². The van der Waals surface area contributed by atoms with Crippen LogP contribution in [0.1, 0.15) is 43.9 Å². The van der Waals surface area contributed by atoms with E-state index < -0.39 is 0 Å². The van der Waals surface area contributed by atoms with Crippen molar-refractivity contribution in [3.05, 3.63) is 59.2 Å². The van der Waals surface area contributed by atoms with Crippen LogP contribution in [0, 0.1) is 0 Å². The lowest BCUT2D eigenvalue weighted by Crippen LogP contribution is -1.98. The first-order chi connectivity index (χ1) is 11.3. The molecule has 2 aromatic rings. The zero-order valence-electron chi connectivity index (χ0n) is 14.3. The van der Waals surface area contributed by atoms with Crippen molar-refractivity contribution in [3.63, 3.8) is 0 Å². The molecule has 0 saturated heterocycles. The van der Waals surface area contributed by atoms with E-state index in [1.807, 2.05) is 32.0 Å². The molecule has 2 heteroatoms. The summed E-state index contributed by atoms with van der Waals surface area (Å²) in [6.07, 6.45) is 6.48. The molecule has 0 fully saturated rings. The first-order valence-electron chi connectivity index (χ1n) is 8.44. The predicted octanol–water partition coefficient (Wildman–Crippen LogP) is 5.61. The van der Waals surface area contributed by atoms with Crippen LogP contribution in [0.5, 0.6) is 11.5 Å². The van der Waals surface area contributed by atoms with E-state index in [0.717, 1.165) is 29.9 Å². The molecule has 2 rings (SSSR count). The average Bonchev–Trinajstić information content (AvgIpc) is 2.55. The van der Waals surface area contributed by atoms with Crippen molar-refractivity contribution in [2.75, 3.05) is 13.2 Å². The van der Waals surface area contributed by atoms with Crippen LogP contribution in [0.2, 0.25) is 0 Å². The standard InChI is InChI=1S/C21H26O2/c1-4-9-17-10-7-11-18(16-17)14-15-19-20(22-5-2)12-8-13-21(19)23-6-3/h7-8,10-16H,4-6,9H2,1-3H3. The third-order valence-corrected chi connectivity index (χ3v) is 3.56. The summed E-state index contributed by atoms with van der Waals surface area (Å²) < 4.78 is 11.5. The molecule has 23 heavy (non-hydrogen) atoms. The van der Waals surface area contributed by atoms with Crippen molar-refractivity contribution in [1.29, 1.82) is 0 Å². The van der Waals surface area contributed by atoms with Gasteiger partial charge in [0.25, 0.3) is 0 Å². The fraction of sp³-hybridized carbons (Fsp3) is 0.333. The van der Waals surface area contributed by atoms with Gasteiger partial charge in [-0.1, -0.05) is 49.8 Å². The molecule has 2 aromatic carbocycles. The molecule has 0 amide bonds. The molecule has 0 heterocycles. The van der Waals surface area contributed by atoms with E-state index in [4.69, 9.17) is 9.47 Å². The van der Waals surface area contributed by atoms with E-state index in [1.165, 1.54) is 11.1 Å². The van der Waals surface area contributed by atoms with E-state index in [-0.39, 0.29) is 0 Å². The number of ether oxygens (including phenoxy) is 2. The van der Waals surface area contributed by atoms with Gasteiger partial charge in [0, 0.05) is 0 Å². The lowest BCUT2D eigenvalue weighted by atomic mass is 10.1. The highest BCUT2D eigenvalue weighted by Gasteiger charge is 2.07. The Hall–Kier alpha value is -2.22. The molecule has 0 aliphatic carbocycles. The Kier molecular flexibility index (Phi) is 6.74. The van der Waals surface area contributed by atoms with Crippen LogP contribution in [0.4, 0.5) is 0 Å². The lowest BCUT2D eigenvalue weighted by molar-refractivity contribution is 0.322. The molecular weight excluding hydrogens is 284 g/mol. The Morgan fingerprint density at radius 1 is 0.826 bits per heavy atom. The van der Waals surface area contributed by atoms with Crippen molar-refractivity contribution in [2.24, 2.45) is 0 Å².